The van der Waals surface area contributed by atoms with E-state index in [1.807, 2.05) is 11.4 Å². The third kappa shape index (κ3) is 2.15. The summed E-state index contributed by atoms with van der Waals surface area (Å²) in [6, 6.07) is 6.20. The average Bonchev–Trinajstić information content (AvgIpc) is 3.08. The summed E-state index contributed by atoms with van der Waals surface area (Å²) in [5, 5.41) is 14.7. The van der Waals surface area contributed by atoms with E-state index in [-0.39, 0.29) is 12.0 Å². The number of carbonyl (C=O) groups is 1. The summed E-state index contributed by atoms with van der Waals surface area (Å²) >= 11 is 3.38. The molecule has 1 fully saturated rings. The van der Waals surface area contributed by atoms with Gasteiger partial charge in [0.25, 0.3) is 0 Å². The van der Waals surface area contributed by atoms with Crippen LogP contribution < -0.4 is 4.90 Å². The number of nitrogens with zero attached hydrogens (tertiary/aromatic N) is 1. The molecule has 1 aliphatic rings. The summed E-state index contributed by atoms with van der Waals surface area (Å²) < 4.78 is 0. The van der Waals surface area contributed by atoms with E-state index in [4.69, 9.17) is 0 Å². The van der Waals surface area contributed by atoms with Crippen LogP contribution in [0.15, 0.2) is 29.0 Å². The maximum Gasteiger partial charge on any atom is 0.306 e. The minimum absolute atomic E-state index is 0.171. The van der Waals surface area contributed by atoms with Crippen molar-refractivity contribution >= 4 is 33.6 Å². The van der Waals surface area contributed by atoms with Crippen molar-refractivity contribution in [3.8, 4) is 0 Å². The summed E-state index contributed by atoms with van der Waals surface area (Å²) in [4.78, 5) is 14.9. The van der Waals surface area contributed by atoms with Crippen LogP contribution in [0.25, 0.3) is 0 Å². The number of carboxylic acid groups (broad SMARTS) is 1. The van der Waals surface area contributed by atoms with E-state index >= 15 is 0 Å². The highest BCUT2D eigenvalue weighted by Gasteiger charge is 2.45. The molecular formula is C15H17NO2S2. The Morgan fingerprint density at radius 3 is 2.85 bits per heavy atom. The molecule has 0 bridgehead atoms. The second kappa shape index (κ2) is 5.22. The molecule has 1 atom stereocenters. The van der Waals surface area contributed by atoms with Crippen LogP contribution in [0.2, 0.25) is 0 Å². The number of rotatable bonds is 4. The van der Waals surface area contributed by atoms with Gasteiger partial charge in [-0.15, -0.1) is 22.7 Å². The molecule has 0 amide bonds. The standard InChI is InChI=1S/C15H17NO2S2/c1-11-5-9-20-14(11)16-7-3-6-15(16,10-13(17)18)12-4-2-8-19-12/h2,4-5,8-9H,3,6-7,10H2,1H3,(H,17,18)/t15-/m0/s1. The first-order valence-corrected chi connectivity index (χ1v) is 8.47. The van der Waals surface area contributed by atoms with Crippen LogP contribution in [0.5, 0.6) is 0 Å². The van der Waals surface area contributed by atoms with Gasteiger partial charge in [-0.2, -0.15) is 0 Å². The zero-order valence-electron chi connectivity index (χ0n) is 11.3. The molecule has 0 radical (unpaired) electrons. The fourth-order valence-corrected chi connectivity index (χ4v) is 5.15. The highest BCUT2D eigenvalue weighted by molar-refractivity contribution is 7.14. The molecule has 20 heavy (non-hydrogen) atoms. The van der Waals surface area contributed by atoms with Gasteiger partial charge in [0.1, 0.15) is 0 Å². The number of carboxylic acids is 1. The second-order valence-corrected chi connectivity index (χ2v) is 7.09. The zero-order valence-corrected chi connectivity index (χ0v) is 13.0. The highest BCUT2D eigenvalue weighted by Crippen LogP contribution is 2.48. The Hall–Kier alpha value is -1.33. The first kappa shape index (κ1) is 13.6. The number of hydrogen-bond acceptors (Lipinski definition) is 4. The molecule has 3 nitrogen and oxygen atoms in total. The molecule has 0 unspecified atom stereocenters. The van der Waals surface area contributed by atoms with E-state index in [2.05, 4.69) is 29.3 Å². The molecular weight excluding hydrogens is 290 g/mol. The van der Waals surface area contributed by atoms with Crippen LogP contribution in [0, 0.1) is 6.92 Å². The molecule has 1 saturated heterocycles. The van der Waals surface area contributed by atoms with Crippen molar-refractivity contribution in [3.05, 3.63) is 39.4 Å². The number of aliphatic carboxylic acids is 1. The van der Waals surface area contributed by atoms with Gasteiger partial charge in [-0.05, 0) is 48.2 Å². The lowest BCUT2D eigenvalue weighted by Crippen LogP contribution is -2.42. The molecule has 1 aliphatic heterocycles. The quantitative estimate of drug-likeness (QED) is 0.925. The molecule has 2 aromatic heterocycles. The van der Waals surface area contributed by atoms with E-state index in [0.717, 1.165) is 19.4 Å². The van der Waals surface area contributed by atoms with Crippen LogP contribution >= 0.6 is 22.7 Å². The Morgan fingerprint density at radius 2 is 2.25 bits per heavy atom. The van der Waals surface area contributed by atoms with Crippen LogP contribution in [0.3, 0.4) is 0 Å². The lowest BCUT2D eigenvalue weighted by Gasteiger charge is -2.38. The minimum atomic E-state index is -0.723. The fourth-order valence-electron chi connectivity index (χ4n) is 3.14. The molecule has 1 N–H and O–H groups in total. The van der Waals surface area contributed by atoms with Crippen molar-refractivity contribution in [2.45, 2.75) is 31.7 Å². The zero-order chi connectivity index (χ0) is 14.2. The molecule has 0 spiro atoms. The lowest BCUT2D eigenvalue weighted by molar-refractivity contribution is -0.138. The van der Waals surface area contributed by atoms with Gasteiger partial charge in [-0.3, -0.25) is 4.79 Å². The Morgan fingerprint density at radius 1 is 1.40 bits per heavy atom. The van der Waals surface area contributed by atoms with Crippen molar-refractivity contribution in [2.75, 3.05) is 11.4 Å². The van der Waals surface area contributed by atoms with Crippen molar-refractivity contribution in [2.24, 2.45) is 0 Å². The average molecular weight is 307 g/mol. The van der Waals surface area contributed by atoms with E-state index in [0.29, 0.717) is 0 Å². The fraction of sp³-hybridized carbons (Fsp3) is 0.400. The van der Waals surface area contributed by atoms with Gasteiger partial charge in [0.15, 0.2) is 0 Å². The maximum absolute atomic E-state index is 11.4. The summed E-state index contributed by atoms with van der Waals surface area (Å²) in [6.45, 7) is 3.04. The van der Waals surface area contributed by atoms with E-state index in [1.54, 1.807) is 22.7 Å². The van der Waals surface area contributed by atoms with Gasteiger partial charge < -0.3 is 10.0 Å². The predicted octanol–water partition coefficient (Wildman–Crippen LogP) is 4.09. The summed E-state index contributed by atoms with van der Waals surface area (Å²) in [5.41, 5.74) is 0.874. The summed E-state index contributed by atoms with van der Waals surface area (Å²) in [6.07, 6.45) is 2.13. The number of aryl methyl sites for hydroxylation is 1. The van der Waals surface area contributed by atoms with Crippen molar-refractivity contribution in [1.82, 2.24) is 0 Å². The Bertz CT molecular complexity index is 605. The van der Waals surface area contributed by atoms with Crippen molar-refractivity contribution < 1.29 is 9.90 Å². The summed E-state index contributed by atoms with van der Waals surface area (Å²) in [5.74, 6) is -0.723. The number of anilines is 1. The molecule has 3 rings (SSSR count). The number of thiophene rings is 2. The van der Waals surface area contributed by atoms with Crippen LogP contribution in [-0.4, -0.2) is 17.6 Å². The predicted molar refractivity (Wildman–Crippen MR) is 83.9 cm³/mol. The topological polar surface area (TPSA) is 40.5 Å². The summed E-state index contributed by atoms with van der Waals surface area (Å²) in [7, 11) is 0. The number of hydrogen-bond donors (Lipinski definition) is 1. The van der Waals surface area contributed by atoms with Crippen LogP contribution in [0.1, 0.15) is 29.7 Å². The van der Waals surface area contributed by atoms with Gasteiger partial charge in [0, 0.05) is 11.4 Å². The Balaban J connectivity index is 2.08. The van der Waals surface area contributed by atoms with Gasteiger partial charge in [-0.1, -0.05) is 6.07 Å². The second-order valence-electron chi connectivity index (χ2n) is 5.24. The first-order chi connectivity index (χ1) is 9.63. The van der Waals surface area contributed by atoms with Gasteiger partial charge >= 0.3 is 5.97 Å². The highest BCUT2D eigenvalue weighted by atomic mass is 32.1. The maximum atomic E-state index is 11.4. The lowest BCUT2D eigenvalue weighted by atomic mass is 9.90. The van der Waals surface area contributed by atoms with Crippen LogP contribution in [0.4, 0.5) is 5.00 Å². The molecule has 0 aromatic carbocycles. The molecule has 0 aliphatic carbocycles. The van der Waals surface area contributed by atoms with Crippen LogP contribution in [-0.2, 0) is 10.3 Å². The first-order valence-electron chi connectivity index (χ1n) is 6.71. The van der Waals surface area contributed by atoms with Gasteiger partial charge in [-0.25, -0.2) is 0 Å². The van der Waals surface area contributed by atoms with Gasteiger partial charge in [0.05, 0.1) is 17.0 Å². The Labute approximate surface area is 126 Å². The van der Waals surface area contributed by atoms with Crippen molar-refractivity contribution in [3.63, 3.8) is 0 Å². The van der Waals surface area contributed by atoms with Crippen molar-refractivity contribution in [1.29, 1.82) is 0 Å². The third-order valence-electron chi connectivity index (χ3n) is 3.99. The molecule has 106 valence electrons. The molecule has 3 heterocycles. The minimum Gasteiger partial charge on any atom is -0.481 e. The van der Waals surface area contributed by atoms with Gasteiger partial charge in [0.2, 0.25) is 0 Å². The molecule has 0 saturated carbocycles. The monoisotopic (exact) mass is 307 g/mol. The third-order valence-corrected chi connectivity index (χ3v) is 6.09. The molecule has 5 heteroatoms. The Kier molecular flexibility index (Phi) is 3.56. The SMILES string of the molecule is Cc1ccsc1N1CCC[C@]1(CC(=O)O)c1cccs1. The van der Waals surface area contributed by atoms with E-state index < -0.39 is 5.97 Å². The van der Waals surface area contributed by atoms with E-state index in [1.165, 1.54) is 15.4 Å². The normalized spacial score (nSPS) is 22.4. The molecule has 2 aromatic rings. The largest absolute Gasteiger partial charge is 0.481 e. The van der Waals surface area contributed by atoms with E-state index in [9.17, 15) is 9.90 Å². The smallest absolute Gasteiger partial charge is 0.306 e.